The van der Waals surface area contributed by atoms with Gasteiger partial charge >= 0.3 is 0 Å². The average Bonchev–Trinajstić information content (AvgIpc) is 3.51. The van der Waals surface area contributed by atoms with Crippen molar-refractivity contribution in [3.05, 3.63) is 46.0 Å². The molecule has 5 rings (SSSR count). The summed E-state index contributed by atoms with van der Waals surface area (Å²) in [6, 6.07) is 7.24. The van der Waals surface area contributed by atoms with Crippen molar-refractivity contribution in [3.63, 3.8) is 0 Å². The van der Waals surface area contributed by atoms with Crippen molar-refractivity contribution in [2.75, 3.05) is 23.3 Å². The van der Waals surface area contributed by atoms with Gasteiger partial charge in [-0.2, -0.15) is 4.98 Å². The maximum atomic E-state index is 13.0. The van der Waals surface area contributed by atoms with Crippen LogP contribution < -0.4 is 21.1 Å². The largest absolute Gasteiger partial charge is 0.353 e. The summed E-state index contributed by atoms with van der Waals surface area (Å²) in [5.74, 6) is -0.352. The molecule has 172 valence electrons. The number of nitrogens with zero attached hydrogens (tertiary/aromatic N) is 4. The third-order valence-electron chi connectivity index (χ3n) is 5.82. The van der Waals surface area contributed by atoms with Gasteiger partial charge in [-0.3, -0.25) is 19.0 Å². The molecule has 2 amide bonds. The van der Waals surface area contributed by atoms with Gasteiger partial charge in [0.2, 0.25) is 11.8 Å². The highest BCUT2D eigenvalue weighted by molar-refractivity contribution is 7.22. The summed E-state index contributed by atoms with van der Waals surface area (Å²) < 4.78 is 1.65. The van der Waals surface area contributed by atoms with Gasteiger partial charge in [0.1, 0.15) is 17.6 Å². The second-order valence-electron chi connectivity index (χ2n) is 8.42. The molecule has 1 aromatic carbocycles. The fraction of sp³-hybridized carbons (Fsp3) is 0.409. The number of hydrogen-bond donors (Lipinski definition) is 2. The Morgan fingerprint density at radius 3 is 2.82 bits per heavy atom. The molecule has 0 bridgehead atoms. The number of nitrogens with one attached hydrogen (secondary N) is 2. The molecule has 1 atom stereocenters. The molecule has 1 saturated heterocycles. The monoisotopic (exact) mass is 486 g/mol. The Kier molecular flexibility index (Phi) is 6.03. The molecule has 9 nitrogen and oxygen atoms in total. The second kappa shape index (κ2) is 9.11. The first kappa shape index (κ1) is 21.8. The molecule has 1 unspecified atom stereocenters. The minimum atomic E-state index is -0.378. The summed E-state index contributed by atoms with van der Waals surface area (Å²) in [5.41, 5.74) is 0.516. The van der Waals surface area contributed by atoms with Crippen LogP contribution in [0.25, 0.3) is 10.3 Å². The van der Waals surface area contributed by atoms with E-state index in [1.54, 1.807) is 24.3 Å². The van der Waals surface area contributed by atoms with Gasteiger partial charge in [0.05, 0.1) is 16.6 Å². The van der Waals surface area contributed by atoms with E-state index in [0.29, 0.717) is 38.8 Å². The first-order valence-electron chi connectivity index (χ1n) is 10.9. The fourth-order valence-corrected chi connectivity index (χ4v) is 5.09. The predicted molar refractivity (Wildman–Crippen MR) is 128 cm³/mol. The minimum absolute atomic E-state index is 0.0792. The van der Waals surface area contributed by atoms with Crippen LogP contribution in [0.1, 0.15) is 25.7 Å². The minimum Gasteiger partial charge on any atom is -0.353 e. The van der Waals surface area contributed by atoms with Crippen LogP contribution >= 0.6 is 22.9 Å². The van der Waals surface area contributed by atoms with E-state index in [0.717, 1.165) is 32.2 Å². The molecular formula is C22H23ClN6O3S. The van der Waals surface area contributed by atoms with Crippen molar-refractivity contribution in [2.45, 2.75) is 38.3 Å². The number of carbonyl (C=O) groups is 2. The molecule has 11 heteroatoms. The molecule has 3 heterocycles. The Morgan fingerprint density at radius 2 is 2.03 bits per heavy atom. The first-order valence-corrected chi connectivity index (χ1v) is 12.1. The molecule has 3 aromatic rings. The maximum absolute atomic E-state index is 13.0. The van der Waals surface area contributed by atoms with Crippen LogP contribution in [0.4, 0.5) is 10.8 Å². The second-order valence-corrected chi connectivity index (χ2v) is 9.81. The summed E-state index contributed by atoms with van der Waals surface area (Å²) >= 11 is 7.34. The number of piperidine rings is 1. The number of rotatable bonds is 6. The third kappa shape index (κ3) is 4.86. The summed E-state index contributed by atoms with van der Waals surface area (Å²) in [5, 5.41) is 6.89. The van der Waals surface area contributed by atoms with Gasteiger partial charge in [-0.15, -0.1) is 0 Å². The van der Waals surface area contributed by atoms with Crippen LogP contribution in [0, 0.1) is 5.92 Å². The van der Waals surface area contributed by atoms with Crippen molar-refractivity contribution in [3.8, 4) is 0 Å². The van der Waals surface area contributed by atoms with Crippen molar-refractivity contribution >= 4 is 55.9 Å². The van der Waals surface area contributed by atoms with Gasteiger partial charge in [0.15, 0.2) is 10.8 Å². The van der Waals surface area contributed by atoms with E-state index in [4.69, 9.17) is 11.6 Å². The number of thiazole rings is 1. The number of aromatic nitrogens is 3. The lowest BCUT2D eigenvalue weighted by atomic mass is 9.97. The van der Waals surface area contributed by atoms with E-state index in [1.807, 2.05) is 0 Å². The Morgan fingerprint density at radius 1 is 1.21 bits per heavy atom. The number of anilines is 2. The lowest BCUT2D eigenvalue weighted by Crippen LogP contribution is -2.43. The van der Waals surface area contributed by atoms with Crippen LogP contribution in [-0.4, -0.2) is 45.5 Å². The van der Waals surface area contributed by atoms with E-state index < -0.39 is 0 Å². The van der Waals surface area contributed by atoms with Gasteiger partial charge in [0.25, 0.3) is 5.56 Å². The van der Waals surface area contributed by atoms with Crippen LogP contribution in [-0.2, 0) is 16.1 Å². The van der Waals surface area contributed by atoms with Crippen LogP contribution in [0.5, 0.6) is 0 Å². The number of hydrogen-bond acceptors (Lipinski definition) is 7. The number of benzene rings is 1. The van der Waals surface area contributed by atoms with Gasteiger partial charge in [-0.25, -0.2) is 4.98 Å². The van der Waals surface area contributed by atoms with Crippen molar-refractivity contribution in [1.29, 1.82) is 0 Å². The lowest BCUT2D eigenvalue weighted by Gasteiger charge is -2.31. The summed E-state index contributed by atoms with van der Waals surface area (Å²) in [4.78, 5) is 48.8. The van der Waals surface area contributed by atoms with Crippen molar-refractivity contribution < 1.29 is 9.59 Å². The molecule has 33 heavy (non-hydrogen) atoms. The first-order chi connectivity index (χ1) is 16.0. The van der Waals surface area contributed by atoms with Crippen molar-refractivity contribution in [1.82, 2.24) is 19.9 Å². The highest BCUT2D eigenvalue weighted by Crippen LogP contribution is 2.30. The summed E-state index contributed by atoms with van der Waals surface area (Å²) in [6.45, 7) is 1.17. The smallest absolute Gasteiger partial charge is 0.273 e. The number of para-hydroxylation sites is 1. The van der Waals surface area contributed by atoms with Crippen molar-refractivity contribution in [2.24, 2.45) is 5.92 Å². The molecule has 2 fully saturated rings. The van der Waals surface area contributed by atoms with E-state index >= 15 is 0 Å². The van der Waals surface area contributed by atoms with E-state index in [-0.39, 0.29) is 29.8 Å². The van der Waals surface area contributed by atoms with E-state index in [1.165, 1.54) is 22.2 Å². The van der Waals surface area contributed by atoms with E-state index in [9.17, 15) is 14.4 Å². The Hall–Kier alpha value is -2.98. The SMILES string of the molecule is O=C(Cn1cnc2nc(N3CCCC(C(=O)NC4CC4)C3)sc2c1=O)Nc1ccccc1Cl. The normalized spacial score (nSPS) is 18.3. The number of carbonyl (C=O) groups excluding carboxylic acids is 2. The fourth-order valence-electron chi connectivity index (χ4n) is 3.90. The van der Waals surface area contributed by atoms with Crippen LogP contribution in [0.3, 0.4) is 0 Å². The molecule has 1 saturated carbocycles. The zero-order chi connectivity index (χ0) is 22.9. The lowest BCUT2D eigenvalue weighted by molar-refractivity contribution is -0.125. The van der Waals surface area contributed by atoms with Gasteiger partial charge in [0, 0.05) is 19.1 Å². The van der Waals surface area contributed by atoms with Gasteiger partial charge < -0.3 is 15.5 Å². The Labute approximate surface area is 198 Å². The van der Waals surface area contributed by atoms with Gasteiger partial charge in [-0.1, -0.05) is 35.1 Å². The third-order valence-corrected chi connectivity index (χ3v) is 7.24. The zero-order valence-corrected chi connectivity index (χ0v) is 19.4. The quantitative estimate of drug-likeness (QED) is 0.554. The topological polar surface area (TPSA) is 109 Å². The van der Waals surface area contributed by atoms with Crippen LogP contribution in [0.15, 0.2) is 35.4 Å². The van der Waals surface area contributed by atoms with Crippen LogP contribution in [0.2, 0.25) is 5.02 Å². The summed E-state index contributed by atoms with van der Waals surface area (Å²) in [7, 11) is 0. The molecule has 0 radical (unpaired) electrons. The van der Waals surface area contributed by atoms with E-state index in [2.05, 4.69) is 25.5 Å². The summed E-state index contributed by atoms with van der Waals surface area (Å²) in [6.07, 6.45) is 5.20. The molecule has 1 aliphatic heterocycles. The number of amides is 2. The Balaban J connectivity index is 1.31. The molecule has 1 aliphatic carbocycles. The highest BCUT2D eigenvalue weighted by atomic mass is 35.5. The number of halogens is 1. The maximum Gasteiger partial charge on any atom is 0.273 e. The number of fused-ring (bicyclic) bond motifs is 1. The Bertz CT molecular complexity index is 1270. The molecule has 2 aromatic heterocycles. The zero-order valence-electron chi connectivity index (χ0n) is 17.8. The standard InChI is InChI=1S/C22H23ClN6O3S/c23-15-5-1-2-6-16(15)26-17(30)11-29-12-24-19-18(21(29)32)33-22(27-19)28-9-3-4-13(10-28)20(31)25-14-7-8-14/h1-2,5-6,12-14H,3-4,7-11H2,(H,25,31)(H,26,30). The average molecular weight is 487 g/mol. The predicted octanol–water partition coefficient (Wildman–Crippen LogP) is 2.64. The molecule has 2 aliphatic rings. The molecule has 2 N–H and O–H groups in total. The molecule has 0 spiro atoms. The molecular weight excluding hydrogens is 464 g/mol. The van der Waals surface area contributed by atoms with Gasteiger partial charge in [-0.05, 0) is 37.8 Å². The highest BCUT2D eigenvalue weighted by Gasteiger charge is 2.31.